The first kappa shape index (κ1) is 70.4. The Kier molecular flexibility index (Phi) is 20.7. The van der Waals surface area contributed by atoms with Crippen LogP contribution in [-0.2, 0) is 34.5 Å². The van der Waals surface area contributed by atoms with Gasteiger partial charge in [0.15, 0.2) is 0 Å². The summed E-state index contributed by atoms with van der Waals surface area (Å²) >= 11 is 0. The van der Waals surface area contributed by atoms with Crippen LogP contribution in [0.25, 0.3) is 90.2 Å². The second-order valence-corrected chi connectivity index (χ2v) is 32.2. The van der Waals surface area contributed by atoms with Crippen molar-refractivity contribution < 1.29 is 9.90 Å². The zero-order valence-corrected chi connectivity index (χ0v) is 61.9. The van der Waals surface area contributed by atoms with Gasteiger partial charge in [-0.3, -0.25) is 0 Å². The highest BCUT2D eigenvalue weighted by Crippen LogP contribution is 2.45. The molecule has 8 bridgehead atoms. The van der Waals surface area contributed by atoms with Crippen LogP contribution in [0.1, 0.15) is 252 Å². The molecular formula is C93H103N5O2. The number of hydrogen-bond donors (Lipinski definition) is 3. The number of H-pyrrole nitrogens is 2. The van der Waals surface area contributed by atoms with Crippen molar-refractivity contribution >= 4 is 90.9 Å². The number of anilines is 3. The molecule has 0 amide bonds. The van der Waals surface area contributed by atoms with Crippen molar-refractivity contribution in [2.45, 2.75) is 208 Å². The lowest BCUT2D eigenvalue weighted by Crippen LogP contribution is -2.16. The lowest BCUT2D eigenvalue weighted by atomic mass is 9.78. The number of rotatable bonds is 20. The van der Waals surface area contributed by atoms with Crippen LogP contribution in [0.4, 0.5) is 17.1 Å². The molecule has 0 radical (unpaired) electrons. The fraction of sp³-hybridized carbons (Fsp3) is 0.344. The lowest BCUT2D eigenvalue weighted by molar-refractivity contribution is 0.0701. The number of hydrogen-bond acceptors (Lipinski definition) is 4. The maximum Gasteiger partial charge on any atom is 0.336 e. The molecule has 7 aromatic carbocycles. The van der Waals surface area contributed by atoms with Gasteiger partial charge in [0.05, 0.1) is 50.6 Å². The highest BCUT2D eigenvalue weighted by atomic mass is 16.4. The maximum absolute atomic E-state index is 13.2. The normalized spacial score (nSPS) is 12.6. The molecule has 7 nitrogen and oxygen atoms in total. The van der Waals surface area contributed by atoms with Crippen LogP contribution >= 0.6 is 0 Å². The number of nitrogens with zero attached hydrogens (tertiary/aromatic N) is 3. The predicted molar refractivity (Wildman–Crippen MR) is 428 cm³/mol. The lowest BCUT2D eigenvalue weighted by Gasteiger charge is -2.27. The van der Waals surface area contributed by atoms with Crippen molar-refractivity contribution in [1.29, 1.82) is 0 Å². The Labute approximate surface area is 595 Å². The topological polar surface area (TPSA) is 97.9 Å². The minimum absolute atomic E-state index is 0.172. The fourth-order valence-electron chi connectivity index (χ4n) is 14.3. The van der Waals surface area contributed by atoms with E-state index in [9.17, 15) is 9.90 Å². The van der Waals surface area contributed by atoms with Crippen LogP contribution in [0.15, 0.2) is 158 Å². The van der Waals surface area contributed by atoms with E-state index in [1.54, 1.807) is 0 Å². The molecule has 2 aliphatic rings. The number of carboxylic acids is 1. The van der Waals surface area contributed by atoms with E-state index in [2.05, 4.69) is 257 Å². The Hall–Kier alpha value is -9.51. The van der Waals surface area contributed by atoms with Crippen LogP contribution in [-0.4, -0.2) is 31.0 Å². The largest absolute Gasteiger partial charge is 0.478 e. The SMILES string of the molecule is CCCCCCCCc1ccc(N(c2ccc(CCCCCCCC)cc2)c2c3nc(c(-c4cc(C(C)(C)C)cc(C(C)(C)C)c4)c4ccc([nH]4)c(C#Cc4c5ccccc5c(C(=O)O)c5ccccc45)c4nc(c(-c5cc(C(C)(C)C)cc(C(C)(C)C)c5)c5ccc2[nH]5)C=C4)C=C3)cc1. The number of aromatic amines is 2. The number of unbranched alkanes of at least 4 members (excludes halogenated alkanes) is 10. The molecule has 3 aromatic heterocycles. The van der Waals surface area contributed by atoms with E-state index in [1.807, 2.05) is 48.5 Å². The standard InChI is InChI=1S/C93H103N5O2/c1-15-17-19-21-23-25-31-61-37-41-69(42-38-61)98(70-43-39-62(40-44-70)32-26-24-22-20-18-16-2)88-83-53-51-81(96-83)85(63-55-65(90(3,4)5)59-66(56-63)91(6,7)8)79-49-47-77(94-79)76(46-45-73-71-33-27-29-35-74(71)87(89(99)100)75-36-30-28-34-72(73)75)78-48-50-80(95-78)86(82-52-54-84(88)97-82)64-57-67(92(9,10)11)60-68(58-64)93(12,13)14/h27-30,33-44,47-60,94,97H,15-26,31-32H2,1-14H3,(H,99,100). The zero-order valence-electron chi connectivity index (χ0n) is 61.9. The first-order valence-electron chi connectivity index (χ1n) is 37.0. The third kappa shape index (κ3) is 15.4. The summed E-state index contributed by atoms with van der Waals surface area (Å²) in [4.78, 5) is 35.6. The van der Waals surface area contributed by atoms with Gasteiger partial charge in [-0.25, -0.2) is 14.8 Å². The van der Waals surface area contributed by atoms with Gasteiger partial charge in [-0.15, -0.1) is 0 Å². The first-order chi connectivity index (χ1) is 47.9. The van der Waals surface area contributed by atoms with E-state index in [0.717, 1.165) is 108 Å². The molecule has 0 aliphatic carbocycles. The number of nitrogens with one attached hydrogen (secondary N) is 2. The summed E-state index contributed by atoms with van der Waals surface area (Å²) in [7, 11) is 0. The summed E-state index contributed by atoms with van der Waals surface area (Å²) < 4.78 is 0. The number of carbonyl (C=O) groups is 1. The predicted octanol–water partition coefficient (Wildman–Crippen LogP) is 25.9. The number of aromatic nitrogens is 4. The number of aryl methyl sites for hydroxylation is 2. The Bertz CT molecular complexity index is 4740. The highest BCUT2D eigenvalue weighted by Gasteiger charge is 2.28. The van der Waals surface area contributed by atoms with E-state index in [0.29, 0.717) is 22.0 Å². The van der Waals surface area contributed by atoms with Crippen LogP contribution in [0.5, 0.6) is 0 Å². The van der Waals surface area contributed by atoms with Gasteiger partial charge in [0.2, 0.25) is 0 Å². The van der Waals surface area contributed by atoms with Gasteiger partial charge in [0.1, 0.15) is 0 Å². The first-order valence-corrected chi connectivity index (χ1v) is 37.0. The van der Waals surface area contributed by atoms with Gasteiger partial charge in [0.25, 0.3) is 0 Å². The molecule has 2 aliphatic heterocycles. The second-order valence-electron chi connectivity index (χ2n) is 32.2. The molecule has 0 spiro atoms. The van der Waals surface area contributed by atoms with E-state index in [-0.39, 0.29) is 27.2 Å². The molecule has 5 heterocycles. The third-order valence-electron chi connectivity index (χ3n) is 20.3. The number of aromatic carboxylic acids is 1. The van der Waals surface area contributed by atoms with Gasteiger partial charge in [-0.1, -0.05) is 282 Å². The van der Waals surface area contributed by atoms with E-state index in [4.69, 9.17) is 9.97 Å². The Balaban J connectivity index is 1.20. The molecule has 12 rings (SSSR count). The van der Waals surface area contributed by atoms with E-state index < -0.39 is 5.97 Å². The summed E-state index contributed by atoms with van der Waals surface area (Å²) in [6, 6.07) is 57.3. The minimum Gasteiger partial charge on any atom is -0.478 e. The summed E-state index contributed by atoms with van der Waals surface area (Å²) in [6.45, 7) is 32.2. The monoisotopic (exact) mass is 1320 g/mol. The number of fused-ring (bicyclic) bond motifs is 10. The average molecular weight is 1320 g/mol. The zero-order chi connectivity index (χ0) is 70.7. The summed E-state index contributed by atoms with van der Waals surface area (Å²) in [5.41, 5.74) is 22.4. The quantitative estimate of drug-likeness (QED) is 0.0401. The number of benzene rings is 7. The molecule has 100 heavy (non-hydrogen) atoms. The molecule has 0 fully saturated rings. The third-order valence-corrected chi connectivity index (χ3v) is 20.3. The molecule has 0 atom stereocenters. The molecular weight excluding hydrogens is 1220 g/mol. The van der Waals surface area contributed by atoms with Gasteiger partial charge >= 0.3 is 5.97 Å². The summed E-state index contributed by atoms with van der Waals surface area (Å²) in [5.74, 6) is 6.49. The van der Waals surface area contributed by atoms with Crippen molar-refractivity contribution in [2.24, 2.45) is 0 Å². The maximum atomic E-state index is 13.2. The van der Waals surface area contributed by atoms with Crippen LogP contribution in [0.2, 0.25) is 0 Å². The van der Waals surface area contributed by atoms with E-state index >= 15 is 0 Å². The van der Waals surface area contributed by atoms with Crippen LogP contribution < -0.4 is 4.90 Å². The van der Waals surface area contributed by atoms with Crippen LogP contribution in [0, 0.1) is 11.8 Å². The average Bonchev–Trinajstić information content (AvgIpc) is 1.25. The Morgan fingerprint density at radius 3 is 1.19 bits per heavy atom. The Morgan fingerprint density at radius 1 is 0.400 bits per heavy atom. The molecule has 10 aromatic rings. The van der Waals surface area contributed by atoms with Crippen LogP contribution in [0.3, 0.4) is 0 Å². The smallest absolute Gasteiger partial charge is 0.336 e. The molecule has 3 N–H and O–H groups in total. The van der Waals surface area contributed by atoms with Gasteiger partial charge in [-0.05, 0) is 186 Å². The van der Waals surface area contributed by atoms with Crippen molar-refractivity contribution in [1.82, 2.24) is 19.9 Å². The minimum atomic E-state index is -0.977. The Morgan fingerprint density at radius 2 is 0.760 bits per heavy atom. The summed E-state index contributed by atoms with van der Waals surface area (Å²) in [6.07, 6.45) is 25.9. The molecule has 0 saturated heterocycles. The fourth-order valence-corrected chi connectivity index (χ4v) is 14.3. The number of carboxylic acid groups (broad SMARTS) is 1. The second kappa shape index (κ2) is 29.4. The van der Waals surface area contributed by atoms with Crippen molar-refractivity contribution in [3.8, 4) is 34.1 Å². The van der Waals surface area contributed by atoms with Gasteiger partial charge < -0.3 is 20.0 Å². The summed E-state index contributed by atoms with van der Waals surface area (Å²) in [5, 5.41) is 13.6. The van der Waals surface area contributed by atoms with Crippen molar-refractivity contribution in [3.05, 3.63) is 231 Å². The van der Waals surface area contributed by atoms with Crippen molar-refractivity contribution in [2.75, 3.05) is 4.90 Å². The highest BCUT2D eigenvalue weighted by molar-refractivity contribution is 6.19. The molecule has 7 heteroatoms. The molecule has 0 unspecified atom stereocenters. The molecule has 512 valence electrons. The van der Waals surface area contributed by atoms with Gasteiger partial charge in [0, 0.05) is 39.1 Å². The van der Waals surface area contributed by atoms with Gasteiger partial charge in [-0.2, -0.15) is 0 Å². The van der Waals surface area contributed by atoms with Crippen molar-refractivity contribution in [3.63, 3.8) is 0 Å². The molecule has 0 saturated carbocycles. The van der Waals surface area contributed by atoms with E-state index in [1.165, 1.54) is 110 Å².